The van der Waals surface area contributed by atoms with E-state index in [-0.39, 0.29) is 18.5 Å². The summed E-state index contributed by atoms with van der Waals surface area (Å²) < 4.78 is 5.89. The lowest BCUT2D eigenvalue weighted by Crippen LogP contribution is -2.53. The molecule has 0 bridgehead atoms. The molecule has 0 radical (unpaired) electrons. The van der Waals surface area contributed by atoms with Gasteiger partial charge in [0.15, 0.2) is 11.5 Å². The van der Waals surface area contributed by atoms with Crippen molar-refractivity contribution >= 4 is 23.5 Å². The maximum absolute atomic E-state index is 12.8. The molecule has 2 aliphatic rings. The van der Waals surface area contributed by atoms with Crippen LogP contribution in [0.15, 0.2) is 24.3 Å². The zero-order valence-electron chi connectivity index (χ0n) is 14.0. The van der Waals surface area contributed by atoms with Crippen LogP contribution in [-0.4, -0.2) is 36.0 Å². The summed E-state index contributed by atoms with van der Waals surface area (Å²) in [6.45, 7) is 0.179. The average molecular weight is 350 g/mol. The Morgan fingerprint density at radius 2 is 2.04 bits per heavy atom. The highest BCUT2D eigenvalue weighted by Gasteiger charge is 2.50. The molecule has 1 aromatic carbocycles. The first-order valence-electron chi connectivity index (χ1n) is 8.54. The molecule has 0 spiro atoms. The number of carbonyl (C=O) groups is 1. The summed E-state index contributed by atoms with van der Waals surface area (Å²) in [4.78, 5) is 14.2. The fourth-order valence-electron chi connectivity index (χ4n) is 3.73. The molecular weight excluding hydrogens is 326 g/mol. The maximum Gasteiger partial charge on any atom is 0.258 e. The number of hydrogen-bond donors (Lipinski definition) is 2. The SMILES string of the molecule is CN1C(=N)NC(COc2ccccc2Cl)(CC2CCCCC2)C1=O. The van der Waals surface area contributed by atoms with Crippen molar-refractivity contribution in [1.82, 2.24) is 10.2 Å². The van der Waals surface area contributed by atoms with E-state index in [4.69, 9.17) is 21.7 Å². The van der Waals surface area contributed by atoms with Crippen LogP contribution >= 0.6 is 11.6 Å². The van der Waals surface area contributed by atoms with Gasteiger partial charge in [-0.15, -0.1) is 0 Å². The van der Waals surface area contributed by atoms with E-state index < -0.39 is 5.54 Å². The summed E-state index contributed by atoms with van der Waals surface area (Å²) >= 11 is 6.16. The normalized spacial score (nSPS) is 25.0. The number of para-hydroxylation sites is 1. The van der Waals surface area contributed by atoms with E-state index in [1.807, 2.05) is 12.1 Å². The second-order valence-electron chi connectivity index (χ2n) is 6.85. The van der Waals surface area contributed by atoms with Gasteiger partial charge in [0.2, 0.25) is 0 Å². The van der Waals surface area contributed by atoms with Gasteiger partial charge in [-0.1, -0.05) is 55.8 Å². The van der Waals surface area contributed by atoms with Crippen molar-refractivity contribution < 1.29 is 9.53 Å². The van der Waals surface area contributed by atoms with Gasteiger partial charge in [0, 0.05) is 7.05 Å². The third kappa shape index (κ3) is 3.36. The first-order valence-corrected chi connectivity index (χ1v) is 8.92. The second kappa shape index (κ2) is 7.01. The number of likely N-dealkylation sites (N-methyl/N-ethyl adjacent to an activating group) is 1. The molecule has 1 amide bonds. The minimum atomic E-state index is -0.868. The Morgan fingerprint density at radius 3 is 2.67 bits per heavy atom. The number of rotatable bonds is 5. The molecular formula is C18H24ClN3O2. The molecule has 1 saturated carbocycles. The van der Waals surface area contributed by atoms with Crippen molar-refractivity contribution in [1.29, 1.82) is 5.41 Å². The molecule has 1 atom stereocenters. The molecule has 3 rings (SSSR count). The van der Waals surface area contributed by atoms with E-state index in [9.17, 15) is 4.79 Å². The van der Waals surface area contributed by atoms with Crippen LogP contribution in [0.2, 0.25) is 5.02 Å². The molecule has 24 heavy (non-hydrogen) atoms. The maximum atomic E-state index is 12.8. The fraction of sp³-hybridized carbons (Fsp3) is 0.556. The molecule has 5 nitrogen and oxygen atoms in total. The Kier molecular flexibility index (Phi) is 4.99. The molecule has 1 aromatic rings. The van der Waals surface area contributed by atoms with Crippen LogP contribution in [0, 0.1) is 11.3 Å². The standard InChI is InChI=1S/C18H24ClN3O2/c1-22-16(23)18(21-17(22)20,11-13-7-3-2-4-8-13)12-24-15-10-6-5-9-14(15)19/h5-6,9-10,13H,2-4,7-8,11-12H2,1H3,(H2,20,21). The predicted octanol–water partition coefficient (Wildman–Crippen LogP) is 3.42. The molecule has 1 saturated heterocycles. The number of benzene rings is 1. The summed E-state index contributed by atoms with van der Waals surface area (Å²) in [6, 6.07) is 7.26. The predicted molar refractivity (Wildman–Crippen MR) is 94.5 cm³/mol. The van der Waals surface area contributed by atoms with Gasteiger partial charge in [0.05, 0.1) is 5.02 Å². The topological polar surface area (TPSA) is 65.4 Å². The molecule has 1 aliphatic heterocycles. The highest BCUT2D eigenvalue weighted by molar-refractivity contribution is 6.32. The van der Waals surface area contributed by atoms with Gasteiger partial charge in [0.1, 0.15) is 12.4 Å². The summed E-state index contributed by atoms with van der Waals surface area (Å²) in [7, 11) is 1.63. The lowest BCUT2D eigenvalue weighted by atomic mass is 9.79. The number of carbonyl (C=O) groups excluding carboxylic acids is 1. The van der Waals surface area contributed by atoms with Crippen molar-refractivity contribution in [2.24, 2.45) is 5.92 Å². The van der Waals surface area contributed by atoms with Gasteiger partial charge < -0.3 is 10.1 Å². The lowest BCUT2D eigenvalue weighted by Gasteiger charge is -2.32. The zero-order chi connectivity index (χ0) is 17.2. The Hall–Kier alpha value is -1.75. The van der Waals surface area contributed by atoms with E-state index in [0.717, 1.165) is 12.8 Å². The number of nitrogens with zero attached hydrogens (tertiary/aromatic N) is 1. The molecule has 1 heterocycles. The van der Waals surface area contributed by atoms with E-state index in [2.05, 4.69) is 5.32 Å². The van der Waals surface area contributed by atoms with Gasteiger partial charge in [-0.25, -0.2) is 0 Å². The van der Waals surface area contributed by atoms with Gasteiger partial charge in [-0.2, -0.15) is 0 Å². The van der Waals surface area contributed by atoms with Crippen LogP contribution in [-0.2, 0) is 4.79 Å². The van der Waals surface area contributed by atoms with Gasteiger partial charge in [-0.05, 0) is 24.5 Å². The second-order valence-corrected chi connectivity index (χ2v) is 7.25. The van der Waals surface area contributed by atoms with Gasteiger partial charge in [-0.3, -0.25) is 15.1 Å². The Balaban J connectivity index is 1.78. The van der Waals surface area contributed by atoms with Crippen molar-refractivity contribution in [3.05, 3.63) is 29.3 Å². The van der Waals surface area contributed by atoms with Crippen LogP contribution in [0.25, 0.3) is 0 Å². The van der Waals surface area contributed by atoms with Crippen LogP contribution < -0.4 is 10.1 Å². The Bertz CT molecular complexity index is 630. The number of halogens is 1. The third-order valence-electron chi connectivity index (χ3n) is 5.08. The zero-order valence-corrected chi connectivity index (χ0v) is 14.7. The monoisotopic (exact) mass is 349 g/mol. The minimum Gasteiger partial charge on any atom is -0.489 e. The number of hydrogen-bond acceptors (Lipinski definition) is 3. The summed E-state index contributed by atoms with van der Waals surface area (Å²) in [5.41, 5.74) is -0.868. The highest BCUT2D eigenvalue weighted by Crippen LogP contribution is 2.34. The van der Waals surface area contributed by atoms with Crippen LogP contribution in [0.1, 0.15) is 38.5 Å². The van der Waals surface area contributed by atoms with E-state index in [1.165, 1.54) is 24.2 Å². The Labute approximate surface area is 147 Å². The van der Waals surface area contributed by atoms with Crippen molar-refractivity contribution in [2.45, 2.75) is 44.1 Å². The minimum absolute atomic E-state index is 0.0925. The van der Waals surface area contributed by atoms with Crippen LogP contribution in [0.5, 0.6) is 5.75 Å². The van der Waals surface area contributed by atoms with Crippen LogP contribution in [0.3, 0.4) is 0 Å². The summed E-state index contributed by atoms with van der Waals surface area (Å²) in [5, 5.41) is 11.6. The van der Waals surface area contributed by atoms with Crippen molar-refractivity contribution in [3.63, 3.8) is 0 Å². The largest absolute Gasteiger partial charge is 0.489 e. The first-order chi connectivity index (χ1) is 11.5. The van der Waals surface area contributed by atoms with Crippen molar-refractivity contribution in [2.75, 3.05) is 13.7 Å². The van der Waals surface area contributed by atoms with Gasteiger partial charge in [0.25, 0.3) is 5.91 Å². The van der Waals surface area contributed by atoms with Gasteiger partial charge >= 0.3 is 0 Å². The molecule has 0 aromatic heterocycles. The van der Waals surface area contributed by atoms with E-state index in [1.54, 1.807) is 19.2 Å². The number of amides is 1. The van der Waals surface area contributed by atoms with Crippen molar-refractivity contribution in [3.8, 4) is 5.75 Å². The molecule has 6 heteroatoms. The third-order valence-corrected chi connectivity index (χ3v) is 5.39. The number of nitrogens with one attached hydrogen (secondary N) is 2. The Morgan fingerprint density at radius 1 is 1.33 bits per heavy atom. The quantitative estimate of drug-likeness (QED) is 0.856. The molecule has 1 aliphatic carbocycles. The summed E-state index contributed by atoms with van der Waals surface area (Å²) in [6.07, 6.45) is 6.68. The lowest BCUT2D eigenvalue weighted by molar-refractivity contribution is -0.132. The summed E-state index contributed by atoms with van der Waals surface area (Å²) in [5.74, 6) is 1.10. The molecule has 1 unspecified atom stereocenters. The molecule has 2 N–H and O–H groups in total. The number of guanidine groups is 1. The van der Waals surface area contributed by atoms with Crippen LogP contribution in [0.4, 0.5) is 0 Å². The molecule has 2 fully saturated rings. The first kappa shape index (κ1) is 17.1. The van der Waals surface area contributed by atoms with E-state index in [0.29, 0.717) is 23.1 Å². The smallest absolute Gasteiger partial charge is 0.258 e. The fourth-order valence-corrected chi connectivity index (χ4v) is 3.92. The van der Waals surface area contributed by atoms with E-state index >= 15 is 0 Å². The average Bonchev–Trinajstić information content (AvgIpc) is 2.79. The highest BCUT2D eigenvalue weighted by atomic mass is 35.5. The number of ether oxygens (including phenoxy) is 1. The molecule has 130 valence electrons.